The zero-order valence-electron chi connectivity index (χ0n) is 10.7. The molecule has 1 aliphatic carbocycles. The number of anilines is 1. The lowest BCUT2D eigenvalue weighted by atomic mass is 10.1. The number of aromatic nitrogens is 2. The summed E-state index contributed by atoms with van der Waals surface area (Å²) in [6.07, 6.45) is 4.17. The Kier molecular flexibility index (Phi) is 3.49. The Bertz CT molecular complexity index is 625. The van der Waals surface area contributed by atoms with Crippen molar-refractivity contribution < 1.29 is 17.1 Å². The third-order valence-corrected chi connectivity index (χ3v) is 6.07. The molecule has 0 aromatic carbocycles. The first-order valence-electron chi connectivity index (χ1n) is 6.52. The lowest BCUT2D eigenvalue weighted by molar-refractivity contribution is -0.117. The molecule has 1 saturated heterocycles. The molecule has 1 unspecified atom stereocenters. The van der Waals surface area contributed by atoms with Gasteiger partial charge in [-0.05, 0) is 12.8 Å². The first kappa shape index (κ1) is 13.9. The molecule has 0 radical (unpaired) electrons. The van der Waals surface area contributed by atoms with Gasteiger partial charge >= 0.3 is 10.2 Å². The monoisotopic (exact) mass is 319 g/mol. The Morgan fingerprint density at radius 3 is 2.55 bits per heavy atom. The lowest BCUT2D eigenvalue weighted by Crippen LogP contribution is -2.26. The molecule has 0 spiro atoms. The lowest BCUT2D eigenvalue weighted by Gasteiger charge is -2.10. The quantitative estimate of drug-likeness (QED) is 0.791. The zero-order chi connectivity index (χ0) is 14.3. The summed E-state index contributed by atoms with van der Waals surface area (Å²) >= 11 is 1.31. The van der Waals surface area contributed by atoms with Gasteiger partial charge in [0.1, 0.15) is 10.3 Å². The topological polar surface area (TPSA) is 80.2 Å². The van der Waals surface area contributed by atoms with Crippen LogP contribution in [0, 0.1) is 0 Å². The maximum Gasteiger partial charge on any atom is 0.307 e. The maximum absolute atomic E-state index is 13.0. The van der Waals surface area contributed by atoms with E-state index in [-0.39, 0.29) is 13.0 Å². The second-order valence-electron chi connectivity index (χ2n) is 5.21. The summed E-state index contributed by atoms with van der Waals surface area (Å²) in [5, 5.41) is 8.04. The number of amides is 1. The van der Waals surface area contributed by atoms with Gasteiger partial charge in [-0.25, -0.2) is 0 Å². The Morgan fingerprint density at radius 2 is 1.95 bits per heavy atom. The van der Waals surface area contributed by atoms with Crippen LogP contribution in [0.15, 0.2) is 0 Å². The van der Waals surface area contributed by atoms with Crippen molar-refractivity contribution in [1.82, 2.24) is 10.2 Å². The van der Waals surface area contributed by atoms with Crippen LogP contribution in [0.2, 0.25) is 0 Å². The van der Waals surface area contributed by atoms with E-state index in [1.54, 1.807) is 0 Å². The van der Waals surface area contributed by atoms with Gasteiger partial charge in [0, 0.05) is 18.9 Å². The number of carbonyl (C=O) groups is 1. The number of nitrogens with zero attached hydrogens (tertiary/aromatic N) is 3. The smallest absolute Gasteiger partial charge is 0.285 e. The molecule has 6 nitrogen and oxygen atoms in total. The van der Waals surface area contributed by atoms with Gasteiger partial charge in [-0.2, -0.15) is 8.42 Å². The molecule has 1 amide bonds. The van der Waals surface area contributed by atoms with Crippen molar-refractivity contribution >= 4 is 32.6 Å². The highest BCUT2D eigenvalue weighted by Gasteiger charge is 2.40. The van der Waals surface area contributed by atoms with Gasteiger partial charge in [0.2, 0.25) is 11.0 Å². The van der Waals surface area contributed by atoms with E-state index in [0.717, 1.165) is 17.8 Å². The van der Waals surface area contributed by atoms with Gasteiger partial charge in [-0.15, -0.1) is 14.1 Å². The highest BCUT2D eigenvalue weighted by Crippen LogP contribution is 2.38. The minimum absolute atomic E-state index is 0.170. The fourth-order valence-electron chi connectivity index (χ4n) is 2.72. The van der Waals surface area contributed by atoms with Crippen molar-refractivity contribution in [2.45, 2.75) is 43.3 Å². The van der Waals surface area contributed by atoms with Crippen molar-refractivity contribution in [3.05, 3.63) is 5.01 Å². The number of rotatable bonds is 3. The molecule has 1 aromatic rings. The van der Waals surface area contributed by atoms with E-state index in [1.807, 2.05) is 0 Å². The first-order chi connectivity index (χ1) is 9.45. The van der Waals surface area contributed by atoms with Crippen molar-refractivity contribution in [2.24, 2.45) is 0 Å². The molecule has 2 aliphatic rings. The normalized spacial score (nSPS) is 24.8. The fraction of sp³-hybridized carbons (Fsp3) is 0.727. The van der Waals surface area contributed by atoms with E-state index in [2.05, 4.69) is 10.2 Å². The number of hydrogen-bond acceptors (Lipinski definition) is 6. The van der Waals surface area contributed by atoms with Crippen LogP contribution in [0.1, 0.15) is 43.0 Å². The van der Waals surface area contributed by atoms with Crippen molar-refractivity contribution in [1.29, 1.82) is 0 Å². The fourth-order valence-corrected chi connectivity index (χ4v) is 4.43. The summed E-state index contributed by atoms with van der Waals surface area (Å²) in [6.45, 7) is -0.170. The maximum atomic E-state index is 13.0. The minimum Gasteiger partial charge on any atom is -0.285 e. The van der Waals surface area contributed by atoms with Gasteiger partial charge in [0.25, 0.3) is 0 Å². The van der Waals surface area contributed by atoms with Crippen LogP contribution >= 0.6 is 11.3 Å². The number of halogens is 1. The molecule has 3 rings (SSSR count). The van der Waals surface area contributed by atoms with Crippen LogP contribution in [0.5, 0.6) is 0 Å². The van der Waals surface area contributed by atoms with Gasteiger partial charge in [-0.1, -0.05) is 24.2 Å². The summed E-state index contributed by atoms with van der Waals surface area (Å²) in [6, 6.07) is 0. The molecule has 2 fully saturated rings. The van der Waals surface area contributed by atoms with E-state index in [4.69, 9.17) is 0 Å². The van der Waals surface area contributed by atoms with Gasteiger partial charge in [-0.3, -0.25) is 9.69 Å². The van der Waals surface area contributed by atoms with Gasteiger partial charge in [0.05, 0.1) is 0 Å². The second kappa shape index (κ2) is 5.03. The van der Waals surface area contributed by atoms with Gasteiger partial charge < -0.3 is 0 Å². The second-order valence-corrected chi connectivity index (χ2v) is 7.82. The molecular weight excluding hydrogens is 305 g/mol. The van der Waals surface area contributed by atoms with Crippen LogP contribution in [-0.4, -0.2) is 36.3 Å². The molecule has 110 valence electrons. The van der Waals surface area contributed by atoms with E-state index in [9.17, 15) is 17.1 Å². The molecule has 1 saturated carbocycles. The molecule has 20 heavy (non-hydrogen) atoms. The van der Waals surface area contributed by atoms with Crippen LogP contribution in [-0.2, 0) is 15.0 Å². The Hall–Kier alpha value is -1.09. The Labute approximate surface area is 120 Å². The SMILES string of the molecule is O=C1CC(S(=O)(=O)F)CN1c1nnc(C2CCCC2)s1. The molecule has 1 aromatic heterocycles. The Balaban J connectivity index is 1.78. The minimum atomic E-state index is -4.69. The van der Waals surface area contributed by atoms with Crippen molar-refractivity contribution in [3.63, 3.8) is 0 Å². The van der Waals surface area contributed by atoms with Crippen LogP contribution in [0.25, 0.3) is 0 Å². The van der Waals surface area contributed by atoms with E-state index in [1.165, 1.54) is 29.1 Å². The molecule has 9 heteroatoms. The molecule has 0 bridgehead atoms. The van der Waals surface area contributed by atoms with E-state index >= 15 is 0 Å². The highest BCUT2D eigenvalue weighted by atomic mass is 32.3. The summed E-state index contributed by atoms with van der Waals surface area (Å²) < 4.78 is 34.8. The molecule has 0 N–H and O–H groups in total. The average Bonchev–Trinajstić information content (AvgIpc) is 3.06. The van der Waals surface area contributed by atoms with Crippen molar-refractivity contribution in [2.75, 3.05) is 11.4 Å². The number of carbonyl (C=O) groups excluding carboxylic acids is 1. The third kappa shape index (κ3) is 2.56. The summed E-state index contributed by atoms with van der Waals surface area (Å²) in [4.78, 5) is 13.0. The predicted octanol–water partition coefficient (Wildman–Crippen LogP) is 1.60. The first-order valence-corrected chi connectivity index (χ1v) is 8.78. The summed E-state index contributed by atoms with van der Waals surface area (Å²) in [5.74, 6) is -0.0231. The zero-order valence-corrected chi connectivity index (χ0v) is 12.3. The predicted molar refractivity (Wildman–Crippen MR) is 71.9 cm³/mol. The highest BCUT2D eigenvalue weighted by molar-refractivity contribution is 7.87. The standard InChI is InChI=1S/C11H14FN3O3S2/c12-20(17,18)8-5-9(16)15(6-8)11-14-13-10(19-11)7-3-1-2-4-7/h7-8H,1-6H2. The Morgan fingerprint density at radius 1 is 1.25 bits per heavy atom. The number of hydrogen-bond donors (Lipinski definition) is 0. The summed E-state index contributed by atoms with van der Waals surface area (Å²) in [7, 11) is -4.69. The molecule has 2 heterocycles. The molecule has 1 atom stereocenters. The van der Waals surface area contributed by atoms with Crippen LogP contribution < -0.4 is 4.90 Å². The third-order valence-electron chi connectivity index (χ3n) is 3.85. The van der Waals surface area contributed by atoms with E-state index < -0.39 is 21.4 Å². The van der Waals surface area contributed by atoms with Crippen LogP contribution in [0.4, 0.5) is 9.02 Å². The molecule has 1 aliphatic heterocycles. The van der Waals surface area contributed by atoms with Crippen LogP contribution in [0.3, 0.4) is 0 Å². The van der Waals surface area contributed by atoms with E-state index in [0.29, 0.717) is 11.0 Å². The van der Waals surface area contributed by atoms with Crippen molar-refractivity contribution in [3.8, 4) is 0 Å². The largest absolute Gasteiger partial charge is 0.307 e. The summed E-state index contributed by atoms with van der Waals surface area (Å²) in [5.41, 5.74) is 0. The molecular formula is C11H14FN3O3S2. The van der Waals surface area contributed by atoms with Gasteiger partial charge in [0.15, 0.2) is 0 Å². The average molecular weight is 319 g/mol.